The van der Waals surface area contributed by atoms with E-state index in [-0.39, 0.29) is 24.5 Å². The van der Waals surface area contributed by atoms with Gasteiger partial charge < -0.3 is 4.74 Å². The largest absolute Gasteiger partial charge is 0.466 e. The van der Waals surface area contributed by atoms with Crippen molar-refractivity contribution in [3.63, 3.8) is 0 Å². The topological polar surface area (TPSA) is 75.7 Å². The summed E-state index contributed by atoms with van der Waals surface area (Å²) in [6.45, 7) is 2.72. The molecule has 1 N–H and O–H groups in total. The summed E-state index contributed by atoms with van der Waals surface area (Å²) < 4.78 is 34.7. The molecule has 1 fully saturated rings. The van der Waals surface area contributed by atoms with Crippen molar-refractivity contribution in [1.82, 2.24) is 9.03 Å². The number of aryl methyl sites for hydroxylation is 1. The van der Waals surface area contributed by atoms with Gasteiger partial charge in [-0.05, 0) is 43.7 Å². The van der Waals surface area contributed by atoms with Gasteiger partial charge >= 0.3 is 5.97 Å². The molecular formula is C17H24N2O4S. The second-order valence-electron chi connectivity index (χ2n) is 6.36. The number of hydrogen-bond acceptors (Lipinski definition) is 4. The second-order valence-corrected chi connectivity index (χ2v) is 8.06. The average Bonchev–Trinajstić information content (AvgIpc) is 2.98. The maximum Gasteiger partial charge on any atom is 0.310 e. The predicted octanol–water partition coefficient (Wildman–Crippen LogP) is 1.78. The van der Waals surface area contributed by atoms with Gasteiger partial charge in [-0.2, -0.15) is 17.4 Å². The Bertz CT molecular complexity index is 704. The summed E-state index contributed by atoms with van der Waals surface area (Å²) >= 11 is 0. The summed E-state index contributed by atoms with van der Waals surface area (Å²) in [5, 5.41) is 0. The van der Waals surface area contributed by atoms with Crippen LogP contribution in [0.25, 0.3) is 0 Å². The van der Waals surface area contributed by atoms with Crippen LogP contribution in [0.5, 0.6) is 0 Å². The molecule has 1 aliphatic carbocycles. The van der Waals surface area contributed by atoms with Crippen molar-refractivity contribution < 1.29 is 17.9 Å². The third kappa shape index (κ3) is 3.63. The van der Waals surface area contributed by atoms with E-state index in [0.29, 0.717) is 26.0 Å². The highest BCUT2D eigenvalue weighted by Gasteiger charge is 2.35. The number of hydrogen-bond donors (Lipinski definition) is 1. The van der Waals surface area contributed by atoms with Gasteiger partial charge in [0.25, 0.3) is 10.2 Å². The van der Waals surface area contributed by atoms with Crippen LogP contribution in [-0.2, 0) is 26.2 Å². The fourth-order valence-corrected chi connectivity index (χ4v) is 5.05. The SMILES string of the molecule is CCOC(=O)[C@H]1CCCN(S(=O)(=O)N[C@@H]2CCc3ccccc32)C1. The third-order valence-corrected chi connectivity index (χ3v) is 6.36. The van der Waals surface area contributed by atoms with Gasteiger partial charge in [-0.25, -0.2) is 0 Å². The lowest BCUT2D eigenvalue weighted by atomic mass is 10.0. The maximum atomic E-state index is 12.7. The smallest absolute Gasteiger partial charge is 0.310 e. The predicted molar refractivity (Wildman–Crippen MR) is 90.5 cm³/mol. The van der Waals surface area contributed by atoms with Crippen LogP contribution in [0.1, 0.15) is 43.4 Å². The van der Waals surface area contributed by atoms with Crippen molar-refractivity contribution in [1.29, 1.82) is 0 Å². The van der Waals surface area contributed by atoms with Gasteiger partial charge in [0.2, 0.25) is 0 Å². The molecule has 7 heteroatoms. The van der Waals surface area contributed by atoms with Crippen LogP contribution in [-0.4, -0.2) is 38.4 Å². The first-order valence-corrected chi connectivity index (χ1v) is 9.97. The van der Waals surface area contributed by atoms with Crippen LogP contribution in [0, 0.1) is 5.92 Å². The number of nitrogens with one attached hydrogen (secondary N) is 1. The Morgan fingerprint density at radius 1 is 1.33 bits per heavy atom. The molecule has 1 aliphatic heterocycles. The van der Waals surface area contributed by atoms with Gasteiger partial charge in [0.15, 0.2) is 0 Å². The highest BCUT2D eigenvalue weighted by atomic mass is 32.2. The number of nitrogens with zero attached hydrogens (tertiary/aromatic N) is 1. The molecule has 1 aromatic rings. The summed E-state index contributed by atoms with van der Waals surface area (Å²) in [7, 11) is -3.62. The molecule has 1 saturated heterocycles. The lowest BCUT2D eigenvalue weighted by Crippen LogP contribution is -2.48. The summed E-state index contributed by atoms with van der Waals surface area (Å²) in [5.41, 5.74) is 2.26. The first-order valence-electron chi connectivity index (χ1n) is 8.53. The van der Waals surface area contributed by atoms with E-state index < -0.39 is 10.2 Å². The molecule has 0 bridgehead atoms. The van der Waals surface area contributed by atoms with E-state index in [4.69, 9.17) is 4.74 Å². The number of benzene rings is 1. The Hall–Kier alpha value is -1.44. The maximum absolute atomic E-state index is 12.7. The minimum Gasteiger partial charge on any atom is -0.466 e. The molecule has 2 atom stereocenters. The van der Waals surface area contributed by atoms with Gasteiger partial charge in [-0.1, -0.05) is 24.3 Å². The number of esters is 1. The van der Waals surface area contributed by atoms with Crippen molar-refractivity contribution in [3.05, 3.63) is 35.4 Å². The molecule has 0 radical (unpaired) electrons. The number of carbonyl (C=O) groups excluding carboxylic acids is 1. The van der Waals surface area contributed by atoms with Crippen molar-refractivity contribution in [2.24, 2.45) is 5.92 Å². The molecule has 0 aromatic heterocycles. The fourth-order valence-electron chi connectivity index (χ4n) is 3.55. The van der Waals surface area contributed by atoms with Gasteiger partial charge in [0.05, 0.1) is 12.5 Å². The molecule has 0 saturated carbocycles. The molecule has 3 rings (SSSR count). The standard InChI is InChI=1S/C17H24N2O4S/c1-2-23-17(20)14-7-5-11-19(12-14)24(21,22)18-16-10-9-13-6-3-4-8-15(13)16/h3-4,6,8,14,16,18H,2,5,7,9-12H2,1H3/t14-,16+/m0/s1. The van der Waals surface area contributed by atoms with Crippen LogP contribution in [0.15, 0.2) is 24.3 Å². The molecule has 1 aromatic carbocycles. The normalized spacial score (nSPS) is 24.5. The monoisotopic (exact) mass is 352 g/mol. The quantitative estimate of drug-likeness (QED) is 0.820. The van der Waals surface area contributed by atoms with Crippen LogP contribution >= 0.6 is 0 Å². The van der Waals surface area contributed by atoms with Crippen LogP contribution < -0.4 is 4.72 Å². The molecule has 24 heavy (non-hydrogen) atoms. The van der Waals surface area contributed by atoms with Gasteiger partial charge in [-0.15, -0.1) is 0 Å². The van der Waals surface area contributed by atoms with Crippen LogP contribution in [0.3, 0.4) is 0 Å². The molecule has 132 valence electrons. The van der Waals surface area contributed by atoms with E-state index in [1.807, 2.05) is 24.3 Å². The van der Waals surface area contributed by atoms with E-state index in [1.54, 1.807) is 6.92 Å². The Morgan fingerprint density at radius 2 is 2.12 bits per heavy atom. The Labute approximate surface area is 143 Å². The summed E-state index contributed by atoms with van der Waals surface area (Å²) in [5.74, 6) is -0.672. The minimum absolute atomic E-state index is 0.186. The summed E-state index contributed by atoms with van der Waals surface area (Å²) in [6, 6.07) is 7.75. The second kappa shape index (κ2) is 7.21. The summed E-state index contributed by atoms with van der Waals surface area (Å²) in [4.78, 5) is 11.9. The van der Waals surface area contributed by atoms with Gasteiger partial charge in [-0.3, -0.25) is 4.79 Å². The zero-order valence-electron chi connectivity index (χ0n) is 13.9. The van der Waals surface area contributed by atoms with Crippen LogP contribution in [0.4, 0.5) is 0 Å². The van der Waals surface area contributed by atoms with Gasteiger partial charge in [0, 0.05) is 19.1 Å². The number of rotatable bonds is 5. The van der Waals surface area contributed by atoms with Crippen molar-refractivity contribution in [2.45, 2.75) is 38.6 Å². The molecule has 0 unspecified atom stereocenters. The summed E-state index contributed by atoms with van der Waals surface area (Å²) in [6.07, 6.45) is 3.01. The lowest BCUT2D eigenvalue weighted by molar-refractivity contribution is -0.149. The zero-order chi connectivity index (χ0) is 17.2. The number of ether oxygens (including phenoxy) is 1. The highest BCUT2D eigenvalue weighted by molar-refractivity contribution is 7.87. The number of carbonyl (C=O) groups is 1. The van der Waals surface area contributed by atoms with Crippen molar-refractivity contribution in [3.8, 4) is 0 Å². The van der Waals surface area contributed by atoms with E-state index in [0.717, 1.165) is 18.4 Å². The highest BCUT2D eigenvalue weighted by Crippen LogP contribution is 2.32. The Morgan fingerprint density at radius 3 is 2.92 bits per heavy atom. The number of piperidine rings is 1. The average molecular weight is 352 g/mol. The first kappa shape index (κ1) is 17.4. The molecule has 0 amide bonds. The minimum atomic E-state index is -3.62. The number of fused-ring (bicyclic) bond motifs is 1. The van der Waals surface area contributed by atoms with E-state index >= 15 is 0 Å². The molecule has 1 heterocycles. The van der Waals surface area contributed by atoms with E-state index in [1.165, 1.54) is 9.87 Å². The fraction of sp³-hybridized carbons (Fsp3) is 0.588. The molecule has 0 spiro atoms. The molecule has 6 nitrogen and oxygen atoms in total. The van der Waals surface area contributed by atoms with Crippen LogP contribution in [0.2, 0.25) is 0 Å². The lowest BCUT2D eigenvalue weighted by Gasteiger charge is -2.31. The van der Waals surface area contributed by atoms with Crippen molar-refractivity contribution in [2.75, 3.05) is 19.7 Å². The third-order valence-electron chi connectivity index (χ3n) is 4.77. The van der Waals surface area contributed by atoms with E-state index in [9.17, 15) is 13.2 Å². The van der Waals surface area contributed by atoms with Crippen molar-refractivity contribution >= 4 is 16.2 Å². The van der Waals surface area contributed by atoms with E-state index in [2.05, 4.69) is 4.72 Å². The first-order chi connectivity index (χ1) is 11.5. The Kier molecular flexibility index (Phi) is 5.22. The molecular weight excluding hydrogens is 328 g/mol. The zero-order valence-corrected chi connectivity index (χ0v) is 14.7. The molecule has 2 aliphatic rings. The van der Waals surface area contributed by atoms with Gasteiger partial charge in [0.1, 0.15) is 0 Å². The Balaban J connectivity index is 1.68.